The third kappa shape index (κ3) is 4.00. The van der Waals surface area contributed by atoms with Crippen molar-refractivity contribution in [1.29, 1.82) is 0 Å². The summed E-state index contributed by atoms with van der Waals surface area (Å²) >= 11 is 5.87. The number of hydrogen-bond acceptors (Lipinski definition) is 2. The van der Waals surface area contributed by atoms with Gasteiger partial charge in [-0.25, -0.2) is 0 Å². The Morgan fingerprint density at radius 2 is 1.74 bits per heavy atom. The maximum atomic E-state index is 12.0. The fourth-order valence-corrected chi connectivity index (χ4v) is 1.86. The molecule has 0 spiro atoms. The lowest BCUT2D eigenvalue weighted by Crippen LogP contribution is -2.31. The number of rotatable bonds is 4. The van der Waals surface area contributed by atoms with Crippen molar-refractivity contribution in [2.45, 2.75) is 13.0 Å². The number of para-hydroxylation sites is 1. The van der Waals surface area contributed by atoms with Crippen molar-refractivity contribution >= 4 is 28.9 Å². The van der Waals surface area contributed by atoms with Crippen LogP contribution in [0.2, 0.25) is 5.02 Å². The standard InChI is InChI=1S/C15H15ClN2O/c1-11(17-13-7-3-2-4-8-13)15(19)18-14-9-5-6-12(16)10-14/h2-11,17H,1H3,(H,18,19)/t11-/m0/s1. The van der Waals surface area contributed by atoms with E-state index in [-0.39, 0.29) is 11.9 Å². The van der Waals surface area contributed by atoms with Gasteiger partial charge in [0.05, 0.1) is 0 Å². The normalized spacial score (nSPS) is 11.7. The second-order valence-electron chi connectivity index (χ2n) is 4.23. The van der Waals surface area contributed by atoms with Crippen molar-refractivity contribution in [1.82, 2.24) is 0 Å². The maximum Gasteiger partial charge on any atom is 0.246 e. The Morgan fingerprint density at radius 3 is 2.42 bits per heavy atom. The number of carbonyl (C=O) groups excluding carboxylic acids is 1. The van der Waals surface area contributed by atoms with Crippen molar-refractivity contribution in [2.24, 2.45) is 0 Å². The molecular formula is C15H15ClN2O. The number of nitrogens with one attached hydrogen (secondary N) is 2. The van der Waals surface area contributed by atoms with Gasteiger partial charge in [-0.05, 0) is 37.3 Å². The van der Waals surface area contributed by atoms with Crippen molar-refractivity contribution in [2.75, 3.05) is 10.6 Å². The van der Waals surface area contributed by atoms with Crippen LogP contribution in [0.5, 0.6) is 0 Å². The van der Waals surface area contributed by atoms with E-state index < -0.39 is 0 Å². The largest absolute Gasteiger partial charge is 0.374 e. The van der Waals surface area contributed by atoms with Gasteiger partial charge >= 0.3 is 0 Å². The molecule has 0 aromatic heterocycles. The monoisotopic (exact) mass is 274 g/mol. The fourth-order valence-electron chi connectivity index (χ4n) is 1.67. The van der Waals surface area contributed by atoms with Gasteiger partial charge in [0.2, 0.25) is 5.91 Å². The smallest absolute Gasteiger partial charge is 0.246 e. The first-order chi connectivity index (χ1) is 9.15. The molecule has 2 N–H and O–H groups in total. The highest BCUT2D eigenvalue weighted by Crippen LogP contribution is 2.15. The van der Waals surface area contributed by atoms with Crippen LogP contribution in [-0.4, -0.2) is 11.9 Å². The van der Waals surface area contributed by atoms with E-state index in [1.165, 1.54) is 0 Å². The van der Waals surface area contributed by atoms with E-state index in [2.05, 4.69) is 10.6 Å². The van der Waals surface area contributed by atoms with Crippen LogP contribution in [0.15, 0.2) is 54.6 Å². The summed E-state index contributed by atoms with van der Waals surface area (Å²) in [5.74, 6) is -0.105. The van der Waals surface area contributed by atoms with Gasteiger partial charge < -0.3 is 10.6 Å². The Morgan fingerprint density at radius 1 is 1.05 bits per heavy atom. The zero-order valence-electron chi connectivity index (χ0n) is 10.6. The van der Waals surface area contributed by atoms with E-state index in [1.54, 1.807) is 24.3 Å². The average Bonchev–Trinajstić information content (AvgIpc) is 2.40. The highest BCUT2D eigenvalue weighted by atomic mass is 35.5. The van der Waals surface area contributed by atoms with E-state index in [9.17, 15) is 4.79 Å². The van der Waals surface area contributed by atoms with E-state index >= 15 is 0 Å². The van der Waals surface area contributed by atoms with Crippen molar-refractivity contribution < 1.29 is 4.79 Å². The Hall–Kier alpha value is -2.00. The first-order valence-electron chi connectivity index (χ1n) is 6.03. The van der Waals surface area contributed by atoms with Gasteiger partial charge in [-0.1, -0.05) is 35.9 Å². The molecular weight excluding hydrogens is 260 g/mol. The van der Waals surface area contributed by atoms with E-state index in [0.29, 0.717) is 10.7 Å². The molecule has 1 atom stereocenters. The number of carbonyl (C=O) groups is 1. The van der Waals surface area contributed by atoms with Crippen molar-refractivity contribution in [3.63, 3.8) is 0 Å². The van der Waals surface area contributed by atoms with Gasteiger partial charge in [-0.3, -0.25) is 4.79 Å². The molecule has 0 unspecified atom stereocenters. The molecule has 4 heteroatoms. The minimum absolute atomic E-state index is 0.105. The zero-order chi connectivity index (χ0) is 13.7. The molecule has 0 aliphatic carbocycles. The second-order valence-corrected chi connectivity index (χ2v) is 4.67. The third-order valence-electron chi connectivity index (χ3n) is 2.64. The molecule has 2 aromatic rings. The van der Waals surface area contributed by atoms with E-state index in [0.717, 1.165) is 5.69 Å². The van der Waals surface area contributed by atoms with Crippen LogP contribution in [0.4, 0.5) is 11.4 Å². The average molecular weight is 275 g/mol. The van der Waals surface area contributed by atoms with E-state index in [4.69, 9.17) is 11.6 Å². The van der Waals surface area contributed by atoms with Crippen molar-refractivity contribution in [3.8, 4) is 0 Å². The first-order valence-corrected chi connectivity index (χ1v) is 6.41. The molecule has 0 bridgehead atoms. The van der Waals surface area contributed by atoms with Gasteiger partial charge in [0, 0.05) is 16.4 Å². The molecule has 2 rings (SSSR count). The molecule has 3 nitrogen and oxygen atoms in total. The molecule has 0 heterocycles. The number of halogens is 1. The minimum atomic E-state index is -0.332. The van der Waals surface area contributed by atoms with Gasteiger partial charge in [0.1, 0.15) is 6.04 Å². The van der Waals surface area contributed by atoms with E-state index in [1.807, 2.05) is 37.3 Å². The number of amides is 1. The summed E-state index contributed by atoms with van der Waals surface area (Å²) in [6, 6.07) is 16.4. The highest BCUT2D eigenvalue weighted by Gasteiger charge is 2.12. The number of benzene rings is 2. The van der Waals surface area contributed by atoms with Crippen molar-refractivity contribution in [3.05, 3.63) is 59.6 Å². The third-order valence-corrected chi connectivity index (χ3v) is 2.88. The lowest BCUT2D eigenvalue weighted by atomic mass is 10.2. The number of anilines is 2. The summed E-state index contributed by atoms with van der Waals surface area (Å²) in [7, 11) is 0. The zero-order valence-corrected chi connectivity index (χ0v) is 11.3. The Labute approximate surface area is 117 Å². The Balaban J connectivity index is 1.96. The molecule has 0 radical (unpaired) electrons. The van der Waals surface area contributed by atoms with Crippen LogP contribution < -0.4 is 10.6 Å². The molecule has 0 saturated heterocycles. The minimum Gasteiger partial charge on any atom is -0.374 e. The van der Waals surface area contributed by atoms with Crippen LogP contribution in [0.1, 0.15) is 6.92 Å². The molecule has 0 aliphatic rings. The summed E-state index contributed by atoms with van der Waals surface area (Å²) in [5.41, 5.74) is 1.61. The highest BCUT2D eigenvalue weighted by molar-refractivity contribution is 6.30. The molecule has 1 amide bonds. The van der Waals surface area contributed by atoms with Crippen LogP contribution in [0, 0.1) is 0 Å². The molecule has 98 valence electrons. The van der Waals surface area contributed by atoms with Gasteiger partial charge in [0.15, 0.2) is 0 Å². The van der Waals surface area contributed by atoms with Crippen LogP contribution in [0.3, 0.4) is 0 Å². The lowest BCUT2D eigenvalue weighted by Gasteiger charge is -2.15. The SMILES string of the molecule is C[C@H](Nc1ccccc1)C(=O)Nc1cccc(Cl)c1. The molecule has 19 heavy (non-hydrogen) atoms. The predicted molar refractivity (Wildman–Crippen MR) is 79.6 cm³/mol. The Kier molecular flexibility index (Phi) is 4.42. The van der Waals surface area contributed by atoms with Crippen LogP contribution >= 0.6 is 11.6 Å². The summed E-state index contributed by atoms with van der Waals surface area (Å²) in [4.78, 5) is 12.0. The topological polar surface area (TPSA) is 41.1 Å². The summed E-state index contributed by atoms with van der Waals surface area (Å²) in [6.45, 7) is 1.81. The molecule has 0 aliphatic heterocycles. The molecule has 0 saturated carbocycles. The fraction of sp³-hybridized carbons (Fsp3) is 0.133. The quantitative estimate of drug-likeness (QED) is 0.891. The second kappa shape index (κ2) is 6.25. The van der Waals surface area contributed by atoms with Gasteiger partial charge in [-0.2, -0.15) is 0 Å². The first kappa shape index (κ1) is 13.4. The molecule has 0 fully saturated rings. The summed E-state index contributed by atoms with van der Waals surface area (Å²) in [6.07, 6.45) is 0. The maximum absolute atomic E-state index is 12.0. The lowest BCUT2D eigenvalue weighted by molar-refractivity contribution is -0.116. The number of hydrogen-bond donors (Lipinski definition) is 2. The van der Waals surface area contributed by atoms with Gasteiger partial charge in [0.25, 0.3) is 0 Å². The summed E-state index contributed by atoms with van der Waals surface area (Å²) < 4.78 is 0. The van der Waals surface area contributed by atoms with Gasteiger partial charge in [-0.15, -0.1) is 0 Å². The Bertz CT molecular complexity index is 557. The predicted octanol–water partition coefficient (Wildman–Crippen LogP) is 3.78. The summed E-state index contributed by atoms with van der Waals surface area (Å²) in [5, 5.41) is 6.55. The molecule has 2 aromatic carbocycles. The van der Waals surface area contributed by atoms with Crippen LogP contribution in [-0.2, 0) is 4.79 Å². The van der Waals surface area contributed by atoms with Crippen LogP contribution in [0.25, 0.3) is 0 Å².